The number of halogens is 1. The van der Waals surface area contributed by atoms with Crippen LogP contribution in [0.5, 0.6) is 0 Å². The first-order valence-corrected chi connectivity index (χ1v) is 4.22. The number of H-pyrrole nitrogens is 1. The van der Waals surface area contributed by atoms with Crippen LogP contribution in [0, 0.1) is 0 Å². The van der Waals surface area contributed by atoms with Crippen molar-refractivity contribution in [3.63, 3.8) is 0 Å². The molecular formula is C8H13ClN2O. The summed E-state index contributed by atoms with van der Waals surface area (Å²) in [5.41, 5.74) is 1.07. The van der Waals surface area contributed by atoms with E-state index >= 15 is 0 Å². The van der Waals surface area contributed by atoms with Gasteiger partial charge < -0.3 is 10.1 Å². The molecule has 4 heteroatoms. The Morgan fingerprint density at radius 2 is 2.42 bits per heavy atom. The molecule has 0 atom stereocenters. The quantitative estimate of drug-likeness (QED) is 0.743. The number of aromatic nitrogens is 1. The van der Waals surface area contributed by atoms with E-state index in [2.05, 4.69) is 4.98 Å². The van der Waals surface area contributed by atoms with E-state index in [1.165, 1.54) is 0 Å². The molecule has 1 rings (SSSR count). The number of hydrogen-bond acceptors (Lipinski definition) is 2. The third-order valence-corrected chi connectivity index (χ3v) is 1.85. The molecule has 0 saturated heterocycles. The zero-order chi connectivity index (χ0) is 8.97. The maximum Gasteiger partial charge on any atom is 0.0583 e. The van der Waals surface area contributed by atoms with Crippen LogP contribution in [0.3, 0.4) is 0 Å². The van der Waals surface area contributed by atoms with E-state index in [0.717, 1.165) is 17.3 Å². The maximum atomic E-state index is 8.64. The highest BCUT2D eigenvalue weighted by atomic mass is 35.5. The summed E-state index contributed by atoms with van der Waals surface area (Å²) >= 11 is 5.72. The highest BCUT2D eigenvalue weighted by Gasteiger charge is 2.00. The first kappa shape index (κ1) is 9.58. The van der Waals surface area contributed by atoms with Crippen LogP contribution < -0.4 is 0 Å². The minimum Gasteiger partial charge on any atom is -0.395 e. The number of aliphatic hydroxyl groups excluding tert-OH is 1. The second-order valence-corrected chi connectivity index (χ2v) is 3.24. The lowest BCUT2D eigenvalue weighted by Crippen LogP contribution is -2.21. The fourth-order valence-electron chi connectivity index (χ4n) is 1.04. The largest absolute Gasteiger partial charge is 0.395 e. The van der Waals surface area contributed by atoms with Crippen LogP contribution in [-0.4, -0.2) is 35.2 Å². The molecule has 1 heterocycles. The van der Waals surface area contributed by atoms with Crippen molar-refractivity contribution in [2.24, 2.45) is 0 Å². The van der Waals surface area contributed by atoms with Gasteiger partial charge in [0.2, 0.25) is 0 Å². The number of hydrogen-bond donors (Lipinski definition) is 2. The average Bonchev–Trinajstić information content (AvgIpc) is 2.36. The Hall–Kier alpha value is -0.510. The van der Waals surface area contributed by atoms with Crippen LogP contribution in [0.1, 0.15) is 5.69 Å². The van der Waals surface area contributed by atoms with Crippen molar-refractivity contribution >= 4 is 11.6 Å². The van der Waals surface area contributed by atoms with Crippen LogP contribution in [0.2, 0.25) is 5.02 Å². The van der Waals surface area contributed by atoms with Crippen molar-refractivity contribution in [1.29, 1.82) is 0 Å². The minimum absolute atomic E-state index is 0.185. The fraction of sp³-hybridized carbons (Fsp3) is 0.500. The van der Waals surface area contributed by atoms with Gasteiger partial charge in [0.25, 0.3) is 0 Å². The summed E-state index contributed by atoms with van der Waals surface area (Å²) < 4.78 is 0. The Morgan fingerprint density at radius 3 is 2.92 bits per heavy atom. The number of likely N-dealkylation sites (N-methyl/N-ethyl adjacent to an activating group) is 1. The molecule has 0 aliphatic carbocycles. The van der Waals surface area contributed by atoms with Crippen molar-refractivity contribution in [2.75, 3.05) is 20.2 Å². The Morgan fingerprint density at radius 1 is 1.67 bits per heavy atom. The number of nitrogens with one attached hydrogen (secondary N) is 1. The number of aliphatic hydroxyl groups is 1. The van der Waals surface area contributed by atoms with Gasteiger partial charge in [0.1, 0.15) is 0 Å². The monoisotopic (exact) mass is 188 g/mol. The third-order valence-electron chi connectivity index (χ3n) is 1.63. The lowest BCUT2D eigenvalue weighted by molar-refractivity contribution is 0.216. The summed E-state index contributed by atoms with van der Waals surface area (Å²) in [6, 6.07) is 1.88. The number of nitrogens with zero attached hydrogens (tertiary/aromatic N) is 1. The van der Waals surface area contributed by atoms with Crippen molar-refractivity contribution in [3.8, 4) is 0 Å². The molecule has 1 aromatic heterocycles. The lowest BCUT2D eigenvalue weighted by atomic mass is 10.4. The molecule has 0 spiro atoms. The first-order valence-electron chi connectivity index (χ1n) is 3.84. The van der Waals surface area contributed by atoms with Gasteiger partial charge in [0.15, 0.2) is 0 Å². The van der Waals surface area contributed by atoms with Crippen LogP contribution in [0.4, 0.5) is 0 Å². The molecule has 0 unspecified atom stereocenters. The zero-order valence-corrected chi connectivity index (χ0v) is 7.80. The smallest absolute Gasteiger partial charge is 0.0583 e. The van der Waals surface area contributed by atoms with E-state index in [1.54, 1.807) is 6.20 Å². The molecule has 3 nitrogen and oxygen atoms in total. The average molecular weight is 189 g/mol. The van der Waals surface area contributed by atoms with Gasteiger partial charge in [0, 0.05) is 25.0 Å². The van der Waals surface area contributed by atoms with Crippen LogP contribution in [-0.2, 0) is 6.54 Å². The molecule has 0 aliphatic heterocycles. The second kappa shape index (κ2) is 4.50. The molecule has 0 aliphatic rings. The van der Waals surface area contributed by atoms with E-state index < -0.39 is 0 Å². The van der Waals surface area contributed by atoms with Gasteiger partial charge in [-0.25, -0.2) is 0 Å². The maximum absolute atomic E-state index is 8.64. The van der Waals surface area contributed by atoms with E-state index in [4.69, 9.17) is 16.7 Å². The molecule has 0 amide bonds. The first-order chi connectivity index (χ1) is 5.72. The van der Waals surface area contributed by atoms with Crippen LogP contribution in [0.15, 0.2) is 12.3 Å². The van der Waals surface area contributed by atoms with Crippen LogP contribution >= 0.6 is 11.6 Å². The minimum atomic E-state index is 0.185. The SMILES string of the molecule is CN(CCO)Cc1cc(Cl)c[nH]1. The van der Waals surface area contributed by atoms with Crippen molar-refractivity contribution in [2.45, 2.75) is 6.54 Å². The van der Waals surface area contributed by atoms with Crippen LogP contribution in [0.25, 0.3) is 0 Å². The summed E-state index contributed by atoms with van der Waals surface area (Å²) in [4.78, 5) is 5.06. The van der Waals surface area contributed by atoms with Crippen molar-refractivity contribution in [1.82, 2.24) is 9.88 Å². The Kier molecular flexibility index (Phi) is 3.59. The molecule has 1 aromatic rings. The summed E-state index contributed by atoms with van der Waals surface area (Å²) in [6.45, 7) is 1.65. The molecule has 68 valence electrons. The molecule has 0 aromatic carbocycles. The normalized spacial score (nSPS) is 11.0. The Labute approximate surface area is 77.0 Å². The molecule has 12 heavy (non-hydrogen) atoms. The molecular weight excluding hydrogens is 176 g/mol. The molecule has 0 bridgehead atoms. The summed E-state index contributed by atoms with van der Waals surface area (Å²) in [5, 5.41) is 9.37. The second-order valence-electron chi connectivity index (χ2n) is 2.80. The molecule has 0 saturated carbocycles. The topological polar surface area (TPSA) is 39.3 Å². The number of aromatic amines is 1. The van der Waals surface area contributed by atoms with Gasteiger partial charge in [-0.15, -0.1) is 0 Å². The molecule has 0 fully saturated rings. The summed E-state index contributed by atoms with van der Waals surface area (Å²) in [5.74, 6) is 0. The summed E-state index contributed by atoms with van der Waals surface area (Å²) in [7, 11) is 1.95. The van der Waals surface area contributed by atoms with Crippen molar-refractivity contribution in [3.05, 3.63) is 23.0 Å². The van der Waals surface area contributed by atoms with E-state index in [9.17, 15) is 0 Å². The van der Waals surface area contributed by atoms with Gasteiger partial charge in [-0.05, 0) is 13.1 Å². The van der Waals surface area contributed by atoms with Crippen molar-refractivity contribution < 1.29 is 5.11 Å². The predicted octanol–water partition coefficient (Wildman–Crippen LogP) is 1.09. The van der Waals surface area contributed by atoms with Gasteiger partial charge in [-0.3, -0.25) is 4.90 Å². The Bertz CT molecular complexity index is 237. The third kappa shape index (κ3) is 2.85. The van der Waals surface area contributed by atoms with Gasteiger partial charge in [-0.1, -0.05) is 11.6 Å². The van der Waals surface area contributed by atoms with E-state index in [1.807, 2.05) is 18.0 Å². The molecule has 0 radical (unpaired) electrons. The highest BCUT2D eigenvalue weighted by molar-refractivity contribution is 6.30. The molecule has 2 N–H and O–H groups in total. The van der Waals surface area contributed by atoms with E-state index in [0.29, 0.717) is 6.54 Å². The zero-order valence-electron chi connectivity index (χ0n) is 7.05. The van der Waals surface area contributed by atoms with E-state index in [-0.39, 0.29) is 6.61 Å². The number of rotatable bonds is 4. The Balaban J connectivity index is 2.41. The standard InChI is InChI=1S/C8H13ClN2O/c1-11(2-3-12)6-8-4-7(9)5-10-8/h4-5,10,12H,2-3,6H2,1H3. The van der Waals surface area contributed by atoms with Gasteiger partial charge in [-0.2, -0.15) is 0 Å². The lowest BCUT2D eigenvalue weighted by Gasteiger charge is -2.13. The van der Waals surface area contributed by atoms with Gasteiger partial charge >= 0.3 is 0 Å². The fourth-order valence-corrected chi connectivity index (χ4v) is 1.23. The predicted molar refractivity (Wildman–Crippen MR) is 49.2 cm³/mol. The summed E-state index contributed by atoms with van der Waals surface area (Å²) in [6.07, 6.45) is 1.75. The highest BCUT2D eigenvalue weighted by Crippen LogP contribution is 2.10. The van der Waals surface area contributed by atoms with Gasteiger partial charge in [0.05, 0.1) is 11.6 Å².